The molecule has 6 N–H and O–H groups in total. The number of hydrogen-bond acceptors (Lipinski definition) is 17. The highest BCUT2D eigenvalue weighted by Crippen LogP contribution is 2.34. The molecule has 22 heteroatoms. The number of nitrogens with zero attached hydrogens (tertiary/aromatic N) is 13. The third-order valence-electron chi connectivity index (χ3n) is 25.6. The second-order valence-electron chi connectivity index (χ2n) is 35.6. The summed E-state index contributed by atoms with van der Waals surface area (Å²) in [7, 11) is 0. The van der Waals surface area contributed by atoms with Gasteiger partial charge >= 0.3 is 0 Å². The van der Waals surface area contributed by atoms with Gasteiger partial charge in [-0.3, -0.25) is 14.4 Å². The summed E-state index contributed by atoms with van der Waals surface area (Å²) in [6.07, 6.45) is 16.8. The van der Waals surface area contributed by atoms with E-state index in [2.05, 4.69) is 209 Å². The fraction of sp³-hybridized carbons (Fsp3) is 0.233. The minimum Gasteiger partial charge on any atom is -0.508 e. The number of carbonyl (C=O) groups excluding carboxylic acids is 2. The van der Waals surface area contributed by atoms with Crippen LogP contribution in [-0.4, -0.2) is 144 Å². The highest BCUT2D eigenvalue weighted by Gasteiger charge is 2.37. The number of piperazine rings is 2. The number of rotatable bonds is 29. The Kier molecular flexibility index (Phi) is 35.6. The molecular weight excluding hydrogens is 1770 g/mol. The smallest absolute Gasteiger partial charge is 0.285 e. The average Bonchev–Trinajstić information content (AvgIpc) is 1.61. The van der Waals surface area contributed by atoms with E-state index in [0.29, 0.717) is 71.3 Å². The van der Waals surface area contributed by atoms with Crippen LogP contribution >= 0.6 is 0 Å². The van der Waals surface area contributed by atoms with Crippen LogP contribution < -0.4 is 19.6 Å². The number of hydroxylamine groups is 2. The first-order valence-corrected chi connectivity index (χ1v) is 49.2. The number of benzene rings is 13. The fourth-order valence-corrected chi connectivity index (χ4v) is 18.7. The average molecular weight is 1900 g/mol. The lowest BCUT2D eigenvalue weighted by atomic mass is 10.0. The number of imidazole rings is 4. The Morgan fingerprint density at radius 1 is 0.310 bits per heavy atom. The predicted octanol–water partition coefficient (Wildman–Crippen LogP) is 23.3. The van der Waals surface area contributed by atoms with E-state index in [0.717, 1.165) is 181 Å². The molecule has 726 valence electrons. The van der Waals surface area contributed by atoms with Gasteiger partial charge in [-0.05, 0) is 175 Å². The van der Waals surface area contributed by atoms with E-state index < -0.39 is 11.8 Å². The third kappa shape index (κ3) is 27.0. The maximum absolute atomic E-state index is 12.6. The summed E-state index contributed by atoms with van der Waals surface area (Å²) in [6, 6.07) is 114. The van der Waals surface area contributed by atoms with Crippen LogP contribution in [0.3, 0.4) is 0 Å². The molecule has 17 aromatic rings. The summed E-state index contributed by atoms with van der Waals surface area (Å²) in [6.45, 7) is 19.8. The predicted molar refractivity (Wildman–Crippen MR) is 567 cm³/mol. The number of aromatic hydroxyl groups is 6. The molecule has 2 atom stereocenters. The van der Waals surface area contributed by atoms with Crippen molar-refractivity contribution in [3.05, 3.63) is 456 Å². The maximum atomic E-state index is 12.6. The van der Waals surface area contributed by atoms with E-state index >= 15 is 0 Å². The molecule has 20 rings (SSSR count). The van der Waals surface area contributed by atoms with E-state index in [-0.39, 0.29) is 12.4 Å². The SMILES string of the molecule is CCC1CN(c2ccccc2)CCN1c1cccc(O)c1.CCCC1CN(c2ccccc2)CCN1c1cccc(O)c1.CCCc1c(-c2ccccc2)ncn1Cc1cccc(O)c1.CCc1c(-c2ccccc2)ncn1Cc1cccc(O)c1.CCc1c(Cc2ccccc2)ncn1Cc1cccc(O)c1.O=C1c2ccccc2C(=O)N1OCCc1c(Cc2ccccc2)ncn1Cc1cccc(O)c1. The largest absolute Gasteiger partial charge is 0.508 e. The van der Waals surface area contributed by atoms with Crippen molar-refractivity contribution in [3.63, 3.8) is 0 Å². The number of hydrogen-bond donors (Lipinski definition) is 6. The molecule has 2 unspecified atom stereocenters. The lowest BCUT2D eigenvalue weighted by molar-refractivity contribution is -0.0905. The van der Waals surface area contributed by atoms with E-state index in [1.165, 1.54) is 46.9 Å². The van der Waals surface area contributed by atoms with Gasteiger partial charge in [0.2, 0.25) is 0 Å². The summed E-state index contributed by atoms with van der Waals surface area (Å²) in [5.41, 5.74) is 23.2. The number of phenolic OH excluding ortho intramolecular Hbond substituents is 6. The number of amides is 2. The highest BCUT2D eigenvalue weighted by atomic mass is 16.7. The molecule has 2 amide bonds. The third-order valence-corrected chi connectivity index (χ3v) is 25.6. The molecule has 22 nitrogen and oxygen atoms in total. The van der Waals surface area contributed by atoms with Crippen LogP contribution in [0.25, 0.3) is 22.5 Å². The van der Waals surface area contributed by atoms with E-state index in [1.54, 1.807) is 97.3 Å². The Hall–Kier alpha value is -16.2. The first-order valence-electron chi connectivity index (χ1n) is 49.2. The van der Waals surface area contributed by atoms with Crippen molar-refractivity contribution < 1.29 is 45.1 Å². The van der Waals surface area contributed by atoms with Gasteiger partial charge < -0.3 is 68.5 Å². The van der Waals surface area contributed by atoms with Crippen molar-refractivity contribution in [3.8, 4) is 57.0 Å². The number of carbonyl (C=O) groups is 2. The minimum absolute atomic E-state index is 0.138. The van der Waals surface area contributed by atoms with E-state index in [9.17, 15) is 40.2 Å². The van der Waals surface area contributed by atoms with Crippen LogP contribution in [0.15, 0.2) is 377 Å². The summed E-state index contributed by atoms with van der Waals surface area (Å²) < 4.78 is 8.52. The first-order chi connectivity index (χ1) is 69.5. The van der Waals surface area contributed by atoms with Gasteiger partial charge in [0.05, 0.1) is 65.8 Å². The second kappa shape index (κ2) is 50.4. The van der Waals surface area contributed by atoms with E-state index in [1.807, 2.05) is 163 Å². The Labute approximate surface area is 833 Å². The van der Waals surface area contributed by atoms with Gasteiger partial charge in [0.15, 0.2) is 0 Å². The maximum Gasteiger partial charge on any atom is 0.285 e. The zero-order chi connectivity index (χ0) is 98.9. The van der Waals surface area contributed by atoms with Gasteiger partial charge in [0, 0.05) is 166 Å². The van der Waals surface area contributed by atoms with Gasteiger partial charge in [-0.25, -0.2) is 19.9 Å². The van der Waals surface area contributed by atoms with Gasteiger partial charge in [0.25, 0.3) is 11.8 Å². The number of phenols is 6. The van der Waals surface area contributed by atoms with Crippen LogP contribution in [-0.2, 0) is 69.5 Å². The zero-order valence-electron chi connectivity index (χ0n) is 81.5. The van der Waals surface area contributed by atoms with Gasteiger partial charge in [-0.2, -0.15) is 0 Å². The Morgan fingerprint density at radius 3 is 1.04 bits per heavy atom. The molecule has 4 aromatic heterocycles. The molecule has 2 fully saturated rings. The summed E-state index contributed by atoms with van der Waals surface area (Å²) in [4.78, 5) is 59.1. The number of anilines is 4. The van der Waals surface area contributed by atoms with Crippen molar-refractivity contribution in [2.75, 3.05) is 65.5 Å². The van der Waals surface area contributed by atoms with Crippen molar-refractivity contribution in [2.24, 2.45) is 0 Å². The fourth-order valence-electron chi connectivity index (χ4n) is 18.7. The summed E-state index contributed by atoms with van der Waals surface area (Å²) >= 11 is 0. The van der Waals surface area contributed by atoms with Crippen LogP contribution in [0.4, 0.5) is 22.7 Å². The Morgan fingerprint density at radius 2 is 0.641 bits per heavy atom. The molecule has 3 aliphatic heterocycles. The number of imide groups is 1. The number of fused-ring (bicyclic) bond motifs is 1. The molecule has 13 aromatic carbocycles. The summed E-state index contributed by atoms with van der Waals surface area (Å²) in [5.74, 6) is 0.910. The second-order valence-corrected chi connectivity index (χ2v) is 35.6. The van der Waals surface area contributed by atoms with Crippen LogP contribution in [0.2, 0.25) is 0 Å². The van der Waals surface area contributed by atoms with Crippen molar-refractivity contribution in [1.29, 1.82) is 0 Å². The standard InChI is InChI=1S/C27H23N3O4.2C19H20N2O.C19H24N2O.C18H18N2O.C18H22N2O/c31-21-10-6-9-20(15-21)17-29-18-28-24(16-19-7-2-1-3-8-19)25(29)13-14-34-30-26(32)22-11-4-5-12-23(22)27(30)33;1-2-19-18(12-15-7-4-3-5-8-15)20-14-21(19)13-16-9-6-10-17(22)11-16;1-2-7-18-19(16-9-4-3-5-10-16)20-14-21(18)13-15-8-6-11-17(22)12-15;1-2-7-18-15-20(16-8-4-3-5-9-16)12-13-21(18)17-10-6-11-19(22)14-17;1-2-17-18(15-8-4-3-5-9-15)19-13-20(17)12-14-7-6-10-16(21)11-14;1-2-15-14-19(16-7-4-3-5-8-16)11-12-20(15)17-9-6-10-18(21)13-17/h1-12,15,18,31H,13-14,16-17H2;3-11,14,22H,2,12-13H2,1H3;3-6,8-12,14,22H,2,7,13H2,1H3;3-6,8-11,14,18,22H,2,7,12-13,15H2,1H3;3-11,13,21H,2,12H2,1H3;3-10,13,15,21H,2,11-12,14H2,1H3. The molecule has 0 radical (unpaired) electrons. The van der Waals surface area contributed by atoms with Crippen molar-refractivity contribution >= 4 is 34.6 Å². The Bertz CT molecular complexity index is 6800. The molecule has 2 saturated heterocycles. The molecule has 0 spiro atoms. The molecule has 7 heterocycles. The molecule has 142 heavy (non-hydrogen) atoms. The lowest BCUT2D eigenvalue weighted by Crippen LogP contribution is -2.53. The molecule has 0 bridgehead atoms. The van der Waals surface area contributed by atoms with Crippen molar-refractivity contribution in [1.82, 2.24) is 43.3 Å². The topological polar surface area (TPSA) is 252 Å². The molecule has 3 aliphatic rings. The normalized spacial score (nSPS) is 13.7. The van der Waals surface area contributed by atoms with Crippen LogP contribution in [0.5, 0.6) is 34.5 Å². The highest BCUT2D eigenvalue weighted by molar-refractivity contribution is 6.20. The number of para-hydroxylation sites is 2. The van der Waals surface area contributed by atoms with Gasteiger partial charge in [-0.15, -0.1) is 5.06 Å². The first kappa shape index (κ1) is 100. The van der Waals surface area contributed by atoms with Crippen LogP contribution in [0, 0.1) is 0 Å². The van der Waals surface area contributed by atoms with Crippen LogP contribution in [0.1, 0.15) is 149 Å². The summed E-state index contributed by atoms with van der Waals surface area (Å²) in [5, 5.41) is 58.9. The molecule has 0 aliphatic carbocycles. The van der Waals surface area contributed by atoms with Gasteiger partial charge in [-0.1, -0.05) is 278 Å². The molecule has 0 saturated carbocycles. The number of aromatic nitrogens is 8. The Balaban J connectivity index is 0.000000130. The van der Waals surface area contributed by atoms with Crippen molar-refractivity contribution in [2.45, 2.75) is 137 Å². The molecular formula is C120H127N13O9. The quantitative estimate of drug-likeness (QED) is 0.0238. The lowest BCUT2D eigenvalue weighted by Gasteiger charge is -2.44. The zero-order valence-corrected chi connectivity index (χ0v) is 81.5. The van der Waals surface area contributed by atoms with E-state index in [4.69, 9.17) is 4.84 Å². The van der Waals surface area contributed by atoms with Gasteiger partial charge in [0.1, 0.15) is 34.5 Å². The monoisotopic (exact) mass is 1890 g/mol. The minimum atomic E-state index is -0.446.